The van der Waals surface area contributed by atoms with Gasteiger partial charge in [0, 0.05) is 21.8 Å². The highest BCUT2D eigenvalue weighted by Gasteiger charge is 2.12. The lowest BCUT2D eigenvalue weighted by molar-refractivity contribution is 0.0940. The van der Waals surface area contributed by atoms with Crippen LogP contribution in [-0.4, -0.2) is 11.9 Å². The molecule has 3 nitrogen and oxygen atoms in total. The molecule has 2 aromatic carbocycles. The largest absolute Gasteiger partial charge is 0.398 e. The Morgan fingerprint density at radius 1 is 1.29 bits per heavy atom. The fraction of sp³-hybridized carbons (Fsp3) is 0.235. The van der Waals surface area contributed by atoms with Gasteiger partial charge in [0.1, 0.15) is 0 Å². The van der Waals surface area contributed by atoms with Crippen LogP contribution in [0, 0.1) is 6.92 Å². The number of benzene rings is 2. The molecular formula is C17H19BrN2O. The summed E-state index contributed by atoms with van der Waals surface area (Å²) in [7, 11) is 0. The molecule has 2 rings (SSSR count). The standard InChI is InChI=1S/C17H19BrN2O/c1-11-5-3-4-6-13(11)9-12(2)20-17(21)14-7-8-16(19)15(18)10-14/h3-8,10,12H,9,19H2,1-2H3,(H,20,21). The summed E-state index contributed by atoms with van der Waals surface area (Å²) in [5.41, 5.74) is 9.46. The molecule has 0 aliphatic heterocycles. The van der Waals surface area contributed by atoms with Gasteiger partial charge in [0.25, 0.3) is 5.91 Å². The van der Waals surface area contributed by atoms with Gasteiger partial charge in [-0.1, -0.05) is 24.3 Å². The zero-order valence-electron chi connectivity index (χ0n) is 12.2. The summed E-state index contributed by atoms with van der Waals surface area (Å²) in [6.45, 7) is 4.09. The van der Waals surface area contributed by atoms with Crippen molar-refractivity contribution in [3.05, 3.63) is 63.6 Å². The molecule has 0 bridgehead atoms. The molecule has 4 heteroatoms. The number of rotatable bonds is 4. The minimum atomic E-state index is -0.0863. The maximum Gasteiger partial charge on any atom is 0.251 e. The van der Waals surface area contributed by atoms with Gasteiger partial charge in [-0.3, -0.25) is 4.79 Å². The average Bonchev–Trinajstić information content (AvgIpc) is 2.44. The first-order chi connectivity index (χ1) is 9.97. The van der Waals surface area contributed by atoms with Crippen LogP contribution >= 0.6 is 15.9 Å². The normalized spacial score (nSPS) is 12.0. The number of anilines is 1. The van der Waals surface area contributed by atoms with Crippen molar-refractivity contribution >= 4 is 27.5 Å². The summed E-state index contributed by atoms with van der Waals surface area (Å²) in [5, 5.41) is 3.02. The molecule has 0 saturated carbocycles. The monoisotopic (exact) mass is 346 g/mol. The van der Waals surface area contributed by atoms with Gasteiger partial charge in [-0.05, 0) is 65.5 Å². The number of nitrogens with one attached hydrogen (secondary N) is 1. The van der Waals surface area contributed by atoms with Gasteiger partial charge in [-0.15, -0.1) is 0 Å². The number of carbonyl (C=O) groups excluding carboxylic acids is 1. The highest BCUT2D eigenvalue weighted by molar-refractivity contribution is 9.10. The summed E-state index contributed by atoms with van der Waals surface area (Å²) < 4.78 is 0.738. The predicted octanol–water partition coefficient (Wildman–Crippen LogP) is 3.70. The number of amides is 1. The van der Waals surface area contributed by atoms with E-state index < -0.39 is 0 Å². The molecule has 0 spiro atoms. The molecule has 0 fully saturated rings. The molecule has 21 heavy (non-hydrogen) atoms. The van der Waals surface area contributed by atoms with Crippen LogP contribution in [0.1, 0.15) is 28.4 Å². The third-order valence-electron chi connectivity index (χ3n) is 3.43. The maximum atomic E-state index is 12.2. The van der Waals surface area contributed by atoms with Gasteiger partial charge in [0.2, 0.25) is 0 Å². The molecule has 1 unspecified atom stereocenters. The number of halogens is 1. The van der Waals surface area contributed by atoms with E-state index in [4.69, 9.17) is 5.73 Å². The number of hydrogen-bond acceptors (Lipinski definition) is 2. The lowest BCUT2D eigenvalue weighted by Gasteiger charge is -2.15. The van der Waals surface area contributed by atoms with Crippen molar-refractivity contribution < 1.29 is 4.79 Å². The smallest absolute Gasteiger partial charge is 0.251 e. The minimum Gasteiger partial charge on any atom is -0.398 e. The number of aryl methyl sites for hydroxylation is 1. The van der Waals surface area contributed by atoms with E-state index in [9.17, 15) is 4.79 Å². The van der Waals surface area contributed by atoms with E-state index in [-0.39, 0.29) is 11.9 Å². The molecule has 0 aliphatic rings. The quantitative estimate of drug-likeness (QED) is 0.829. The first-order valence-electron chi connectivity index (χ1n) is 6.87. The Balaban J connectivity index is 2.02. The lowest BCUT2D eigenvalue weighted by Crippen LogP contribution is -2.34. The zero-order valence-corrected chi connectivity index (χ0v) is 13.8. The topological polar surface area (TPSA) is 55.1 Å². The second kappa shape index (κ2) is 6.76. The van der Waals surface area contributed by atoms with Gasteiger partial charge in [0.05, 0.1) is 0 Å². The van der Waals surface area contributed by atoms with Crippen LogP contribution < -0.4 is 11.1 Å². The van der Waals surface area contributed by atoms with E-state index >= 15 is 0 Å². The summed E-state index contributed by atoms with van der Waals surface area (Å²) in [5.74, 6) is -0.0863. The molecule has 1 atom stereocenters. The minimum absolute atomic E-state index is 0.0647. The Bertz CT molecular complexity index is 655. The first-order valence-corrected chi connectivity index (χ1v) is 7.67. The highest BCUT2D eigenvalue weighted by Crippen LogP contribution is 2.20. The van der Waals surface area contributed by atoms with E-state index in [2.05, 4.69) is 40.3 Å². The van der Waals surface area contributed by atoms with Gasteiger partial charge >= 0.3 is 0 Å². The van der Waals surface area contributed by atoms with Crippen molar-refractivity contribution in [2.24, 2.45) is 0 Å². The average molecular weight is 347 g/mol. The second-order valence-corrected chi connectivity index (χ2v) is 6.10. The van der Waals surface area contributed by atoms with Crippen LogP contribution in [0.3, 0.4) is 0 Å². The van der Waals surface area contributed by atoms with Crippen molar-refractivity contribution in [3.8, 4) is 0 Å². The van der Waals surface area contributed by atoms with Gasteiger partial charge in [0.15, 0.2) is 0 Å². The molecular weight excluding hydrogens is 328 g/mol. The van der Waals surface area contributed by atoms with Crippen LogP contribution in [-0.2, 0) is 6.42 Å². The first kappa shape index (κ1) is 15.6. The van der Waals surface area contributed by atoms with Crippen LogP contribution in [0.25, 0.3) is 0 Å². The Kier molecular flexibility index (Phi) is 5.02. The van der Waals surface area contributed by atoms with E-state index in [0.29, 0.717) is 11.3 Å². The van der Waals surface area contributed by atoms with Crippen molar-refractivity contribution in [2.45, 2.75) is 26.3 Å². The Hall–Kier alpha value is -1.81. The van der Waals surface area contributed by atoms with E-state index in [0.717, 1.165) is 10.9 Å². The number of carbonyl (C=O) groups is 1. The molecule has 0 aliphatic carbocycles. The third kappa shape index (κ3) is 4.08. The van der Waals surface area contributed by atoms with Crippen LogP contribution in [0.5, 0.6) is 0 Å². The van der Waals surface area contributed by atoms with Crippen LogP contribution in [0.2, 0.25) is 0 Å². The van der Waals surface area contributed by atoms with Crippen LogP contribution in [0.15, 0.2) is 46.9 Å². The van der Waals surface area contributed by atoms with Crippen LogP contribution in [0.4, 0.5) is 5.69 Å². The second-order valence-electron chi connectivity index (χ2n) is 5.24. The molecule has 0 radical (unpaired) electrons. The number of nitrogen functional groups attached to an aromatic ring is 1. The van der Waals surface area contributed by atoms with Crippen molar-refractivity contribution in [2.75, 3.05) is 5.73 Å². The molecule has 0 heterocycles. The Morgan fingerprint density at radius 3 is 2.67 bits per heavy atom. The Labute approximate surface area is 133 Å². The Morgan fingerprint density at radius 2 is 2.00 bits per heavy atom. The van der Waals surface area contributed by atoms with Gasteiger partial charge in [-0.2, -0.15) is 0 Å². The molecule has 110 valence electrons. The van der Waals surface area contributed by atoms with E-state index in [1.165, 1.54) is 11.1 Å². The molecule has 3 N–H and O–H groups in total. The SMILES string of the molecule is Cc1ccccc1CC(C)NC(=O)c1ccc(N)c(Br)c1. The fourth-order valence-electron chi connectivity index (χ4n) is 2.20. The van der Waals surface area contributed by atoms with E-state index in [1.807, 2.05) is 19.1 Å². The predicted molar refractivity (Wildman–Crippen MR) is 90.4 cm³/mol. The summed E-state index contributed by atoms with van der Waals surface area (Å²) in [6.07, 6.45) is 0.814. The molecule has 0 aromatic heterocycles. The third-order valence-corrected chi connectivity index (χ3v) is 4.11. The summed E-state index contributed by atoms with van der Waals surface area (Å²) >= 11 is 3.34. The van der Waals surface area contributed by atoms with E-state index in [1.54, 1.807) is 18.2 Å². The highest BCUT2D eigenvalue weighted by atomic mass is 79.9. The lowest BCUT2D eigenvalue weighted by atomic mass is 10.0. The fourth-order valence-corrected chi connectivity index (χ4v) is 2.57. The van der Waals surface area contributed by atoms with Crippen molar-refractivity contribution in [3.63, 3.8) is 0 Å². The van der Waals surface area contributed by atoms with Gasteiger partial charge < -0.3 is 11.1 Å². The molecule has 2 aromatic rings. The van der Waals surface area contributed by atoms with Crippen molar-refractivity contribution in [1.82, 2.24) is 5.32 Å². The molecule has 0 saturated heterocycles. The molecule has 1 amide bonds. The van der Waals surface area contributed by atoms with Gasteiger partial charge in [-0.25, -0.2) is 0 Å². The van der Waals surface area contributed by atoms with Crippen molar-refractivity contribution in [1.29, 1.82) is 0 Å². The zero-order chi connectivity index (χ0) is 15.4. The number of hydrogen-bond donors (Lipinski definition) is 2. The summed E-state index contributed by atoms with van der Waals surface area (Å²) in [6, 6.07) is 13.5. The number of nitrogens with two attached hydrogens (primary N) is 1. The summed E-state index contributed by atoms with van der Waals surface area (Å²) in [4.78, 5) is 12.2. The maximum absolute atomic E-state index is 12.2.